The van der Waals surface area contributed by atoms with Crippen molar-refractivity contribution in [3.8, 4) is 28.4 Å². The summed E-state index contributed by atoms with van der Waals surface area (Å²) in [6.45, 7) is 0.517. The molecule has 0 saturated heterocycles. The maximum absolute atomic E-state index is 6.11. The Hall–Kier alpha value is -3.52. The second-order valence-corrected chi connectivity index (χ2v) is 6.10. The average Bonchev–Trinajstić information content (AvgIpc) is 2.74. The molecular weight excluding hydrogens is 332 g/mol. The average molecular weight is 351 g/mol. The normalized spacial score (nSPS) is 10.4. The van der Waals surface area contributed by atoms with Crippen molar-refractivity contribution >= 4 is 0 Å². The Morgan fingerprint density at radius 1 is 0.630 bits per heavy atom. The van der Waals surface area contributed by atoms with E-state index in [0.717, 1.165) is 28.2 Å². The van der Waals surface area contributed by atoms with Crippen LogP contribution in [0.3, 0.4) is 0 Å². The third-order valence-corrected chi connectivity index (χ3v) is 4.20. The lowest BCUT2D eigenvalue weighted by Crippen LogP contribution is -1.97. The van der Waals surface area contributed by atoms with E-state index in [4.69, 9.17) is 9.47 Å². The molecule has 0 atom stereocenters. The lowest BCUT2D eigenvalue weighted by Gasteiger charge is -2.15. The zero-order valence-corrected chi connectivity index (χ0v) is 14.8. The van der Waals surface area contributed by atoms with Gasteiger partial charge in [0.15, 0.2) is 0 Å². The smallest absolute Gasteiger partial charge is 0.143 e. The van der Waals surface area contributed by atoms with Crippen molar-refractivity contribution in [1.29, 1.82) is 0 Å². The minimum atomic E-state index is 0.517. The van der Waals surface area contributed by atoms with E-state index >= 15 is 0 Å². The summed E-state index contributed by atoms with van der Waals surface area (Å²) in [4.78, 5) is 0. The molecule has 2 heteroatoms. The van der Waals surface area contributed by atoms with Gasteiger partial charge in [-0.3, -0.25) is 0 Å². The standard InChI is InChI=1S/C25H19O2/c1-3-11-20(12-4-1)19-26-24-17-9-7-15-22(24)23-16-8-10-18-25(23)27-21-13-5-2-6-14-21/h1-17H,19H2. The molecule has 1 radical (unpaired) electrons. The molecule has 0 spiro atoms. The summed E-state index contributed by atoms with van der Waals surface area (Å²) < 4.78 is 12.2. The van der Waals surface area contributed by atoms with Crippen LogP contribution in [-0.4, -0.2) is 0 Å². The molecule has 0 unspecified atom stereocenters. The third kappa shape index (κ3) is 4.18. The van der Waals surface area contributed by atoms with Crippen LogP contribution in [-0.2, 0) is 6.61 Å². The minimum absolute atomic E-state index is 0.517. The van der Waals surface area contributed by atoms with E-state index in [0.29, 0.717) is 12.4 Å². The fourth-order valence-electron chi connectivity index (χ4n) is 2.87. The molecule has 0 fully saturated rings. The van der Waals surface area contributed by atoms with E-state index < -0.39 is 0 Å². The molecule has 27 heavy (non-hydrogen) atoms. The molecule has 0 aliphatic carbocycles. The summed E-state index contributed by atoms with van der Waals surface area (Å²) in [5.41, 5.74) is 3.06. The van der Waals surface area contributed by atoms with Gasteiger partial charge in [-0.25, -0.2) is 0 Å². The number of hydrogen-bond acceptors (Lipinski definition) is 2. The highest BCUT2D eigenvalue weighted by Crippen LogP contribution is 2.38. The highest BCUT2D eigenvalue weighted by molar-refractivity contribution is 5.75. The highest BCUT2D eigenvalue weighted by atomic mass is 16.5. The minimum Gasteiger partial charge on any atom is -0.488 e. The lowest BCUT2D eigenvalue weighted by atomic mass is 10.0. The Labute approximate surface area is 159 Å². The van der Waals surface area contributed by atoms with Crippen molar-refractivity contribution in [3.05, 3.63) is 115 Å². The number of para-hydroxylation sites is 3. The fraction of sp³-hybridized carbons (Fsp3) is 0.0400. The van der Waals surface area contributed by atoms with Crippen LogP contribution in [0.1, 0.15) is 5.56 Å². The van der Waals surface area contributed by atoms with Gasteiger partial charge in [-0.05, 0) is 23.8 Å². The van der Waals surface area contributed by atoms with Crippen LogP contribution < -0.4 is 9.47 Å². The van der Waals surface area contributed by atoms with Gasteiger partial charge in [-0.1, -0.05) is 84.9 Å². The van der Waals surface area contributed by atoms with Gasteiger partial charge in [0.1, 0.15) is 23.9 Å². The van der Waals surface area contributed by atoms with Crippen LogP contribution in [0.4, 0.5) is 0 Å². The zero-order chi connectivity index (χ0) is 18.3. The molecule has 2 nitrogen and oxygen atoms in total. The maximum atomic E-state index is 6.11. The number of hydrogen-bond donors (Lipinski definition) is 0. The van der Waals surface area contributed by atoms with Gasteiger partial charge in [0.25, 0.3) is 0 Å². The molecule has 4 aromatic rings. The van der Waals surface area contributed by atoms with Crippen LogP contribution in [0.25, 0.3) is 11.1 Å². The van der Waals surface area contributed by atoms with Gasteiger partial charge in [0.05, 0.1) is 0 Å². The van der Waals surface area contributed by atoms with Gasteiger partial charge in [0.2, 0.25) is 0 Å². The Kier molecular flexibility index (Phi) is 5.16. The second-order valence-electron chi connectivity index (χ2n) is 6.10. The van der Waals surface area contributed by atoms with Crippen LogP contribution in [0.15, 0.2) is 103 Å². The van der Waals surface area contributed by atoms with Crippen molar-refractivity contribution in [2.45, 2.75) is 6.61 Å². The van der Waals surface area contributed by atoms with Gasteiger partial charge < -0.3 is 9.47 Å². The van der Waals surface area contributed by atoms with E-state index in [-0.39, 0.29) is 0 Å². The van der Waals surface area contributed by atoms with Gasteiger partial charge in [0, 0.05) is 17.2 Å². The molecule has 4 rings (SSSR count). The predicted molar refractivity (Wildman–Crippen MR) is 108 cm³/mol. The van der Waals surface area contributed by atoms with Crippen LogP contribution >= 0.6 is 0 Å². The molecule has 0 N–H and O–H groups in total. The third-order valence-electron chi connectivity index (χ3n) is 4.20. The first kappa shape index (κ1) is 16.9. The second kappa shape index (κ2) is 8.24. The summed E-state index contributed by atoms with van der Waals surface area (Å²) >= 11 is 0. The summed E-state index contributed by atoms with van der Waals surface area (Å²) in [6, 6.07) is 37.0. The summed E-state index contributed by atoms with van der Waals surface area (Å²) in [6.07, 6.45) is 0. The van der Waals surface area contributed by atoms with E-state index in [1.165, 1.54) is 0 Å². The predicted octanol–water partition coefficient (Wildman–Crippen LogP) is 6.53. The van der Waals surface area contributed by atoms with Crippen LogP contribution in [0.5, 0.6) is 17.2 Å². The van der Waals surface area contributed by atoms with Crippen LogP contribution in [0, 0.1) is 6.07 Å². The first-order valence-corrected chi connectivity index (χ1v) is 8.90. The van der Waals surface area contributed by atoms with Gasteiger partial charge in [-0.2, -0.15) is 0 Å². The van der Waals surface area contributed by atoms with Crippen molar-refractivity contribution in [1.82, 2.24) is 0 Å². The Morgan fingerprint density at radius 2 is 1.30 bits per heavy atom. The van der Waals surface area contributed by atoms with Gasteiger partial charge >= 0.3 is 0 Å². The first-order chi connectivity index (χ1) is 13.4. The van der Waals surface area contributed by atoms with E-state index in [1.807, 2.05) is 91.0 Å². The Morgan fingerprint density at radius 3 is 2.11 bits per heavy atom. The molecule has 0 heterocycles. The van der Waals surface area contributed by atoms with Gasteiger partial charge in [-0.15, -0.1) is 0 Å². The number of ether oxygens (including phenoxy) is 2. The Balaban J connectivity index is 1.64. The van der Waals surface area contributed by atoms with E-state index in [2.05, 4.69) is 18.2 Å². The van der Waals surface area contributed by atoms with Crippen molar-refractivity contribution in [2.24, 2.45) is 0 Å². The maximum Gasteiger partial charge on any atom is 0.143 e. The van der Waals surface area contributed by atoms with Crippen molar-refractivity contribution < 1.29 is 9.47 Å². The lowest BCUT2D eigenvalue weighted by molar-refractivity contribution is 0.307. The molecule has 131 valence electrons. The highest BCUT2D eigenvalue weighted by Gasteiger charge is 2.12. The SMILES string of the molecule is [c]1cccc(-c2ccccc2OCc2ccccc2)c1Oc1ccccc1. The molecule has 0 aliphatic rings. The largest absolute Gasteiger partial charge is 0.488 e. The molecule has 0 aromatic heterocycles. The van der Waals surface area contributed by atoms with Crippen LogP contribution in [0.2, 0.25) is 0 Å². The topological polar surface area (TPSA) is 18.5 Å². The first-order valence-electron chi connectivity index (χ1n) is 8.90. The van der Waals surface area contributed by atoms with Crippen molar-refractivity contribution in [3.63, 3.8) is 0 Å². The van der Waals surface area contributed by atoms with E-state index in [9.17, 15) is 0 Å². The molecule has 0 saturated carbocycles. The quantitative estimate of drug-likeness (QED) is 0.393. The number of benzene rings is 4. The molecule has 0 amide bonds. The fourth-order valence-corrected chi connectivity index (χ4v) is 2.87. The van der Waals surface area contributed by atoms with E-state index in [1.54, 1.807) is 0 Å². The zero-order valence-electron chi connectivity index (χ0n) is 14.8. The molecular formula is C25H19O2. The molecule has 4 aromatic carbocycles. The summed E-state index contributed by atoms with van der Waals surface area (Å²) in [5.74, 6) is 2.28. The molecule has 0 bridgehead atoms. The molecule has 0 aliphatic heterocycles. The monoisotopic (exact) mass is 351 g/mol. The summed E-state index contributed by atoms with van der Waals surface area (Å²) in [7, 11) is 0. The number of rotatable bonds is 6. The summed E-state index contributed by atoms with van der Waals surface area (Å²) in [5, 5.41) is 0. The van der Waals surface area contributed by atoms with Crippen molar-refractivity contribution in [2.75, 3.05) is 0 Å². The Bertz CT molecular complexity index is 995.